The first-order valence-corrected chi connectivity index (χ1v) is 7.19. The Bertz CT molecular complexity index is 458. The molecule has 0 radical (unpaired) electrons. The number of hydrogen-bond donors (Lipinski definition) is 3. The Hall–Kier alpha value is -1.88. The fraction of sp³-hybridized carbons (Fsp3) is 0.500. The van der Waals surface area contributed by atoms with Crippen LogP contribution < -0.4 is 10.6 Å². The number of aliphatic hydroxyl groups excluding tert-OH is 1. The van der Waals surface area contributed by atoms with Crippen LogP contribution in [0.1, 0.15) is 26.3 Å². The fourth-order valence-electron chi connectivity index (χ4n) is 1.90. The summed E-state index contributed by atoms with van der Waals surface area (Å²) in [5.41, 5.74) is 0.905. The van der Waals surface area contributed by atoms with Gasteiger partial charge < -0.3 is 15.7 Å². The van der Waals surface area contributed by atoms with Crippen LogP contribution in [0.4, 0.5) is 0 Å². The number of benzene rings is 1. The van der Waals surface area contributed by atoms with E-state index in [2.05, 4.69) is 10.6 Å². The molecule has 2 amide bonds. The lowest BCUT2D eigenvalue weighted by Crippen LogP contribution is -2.51. The molecular weight excluding hydrogens is 268 g/mol. The molecule has 116 valence electrons. The number of amides is 2. The van der Waals surface area contributed by atoms with Crippen LogP contribution >= 0.6 is 0 Å². The van der Waals surface area contributed by atoms with E-state index in [9.17, 15) is 14.7 Å². The quantitative estimate of drug-likeness (QED) is 0.697. The zero-order valence-electron chi connectivity index (χ0n) is 12.8. The molecule has 0 unspecified atom stereocenters. The van der Waals surface area contributed by atoms with E-state index >= 15 is 0 Å². The highest BCUT2D eigenvalue weighted by atomic mass is 16.3. The van der Waals surface area contributed by atoms with Crippen molar-refractivity contribution in [3.05, 3.63) is 35.9 Å². The maximum atomic E-state index is 12.0. The van der Waals surface area contributed by atoms with Crippen molar-refractivity contribution in [1.29, 1.82) is 0 Å². The van der Waals surface area contributed by atoms with Crippen molar-refractivity contribution in [2.75, 3.05) is 6.54 Å². The number of aliphatic hydroxyl groups is 1. The number of carbonyl (C=O) groups excluding carboxylic acids is 2. The minimum Gasteiger partial charge on any atom is -0.392 e. The van der Waals surface area contributed by atoms with Crippen LogP contribution in [-0.4, -0.2) is 35.6 Å². The molecule has 0 saturated carbocycles. The fourth-order valence-corrected chi connectivity index (χ4v) is 1.90. The van der Waals surface area contributed by atoms with E-state index in [1.54, 1.807) is 6.92 Å². The van der Waals surface area contributed by atoms with E-state index in [1.807, 2.05) is 44.2 Å². The van der Waals surface area contributed by atoms with Crippen LogP contribution in [0, 0.1) is 5.92 Å². The molecule has 3 N–H and O–H groups in total. The van der Waals surface area contributed by atoms with Gasteiger partial charge in [0.2, 0.25) is 11.8 Å². The Balaban J connectivity index is 2.57. The molecule has 1 aromatic rings. The van der Waals surface area contributed by atoms with Gasteiger partial charge in [0, 0.05) is 6.54 Å². The average molecular weight is 292 g/mol. The van der Waals surface area contributed by atoms with E-state index in [-0.39, 0.29) is 30.7 Å². The third-order valence-electron chi connectivity index (χ3n) is 3.04. The Labute approximate surface area is 125 Å². The van der Waals surface area contributed by atoms with Crippen molar-refractivity contribution in [3.63, 3.8) is 0 Å². The van der Waals surface area contributed by atoms with Crippen LogP contribution in [-0.2, 0) is 16.0 Å². The van der Waals surface area contributed by atoms with Crippen LogP contribution in [0.15, 0.2) is 30.3 Å². The molecule has 5 heteroatoms. The normalized spacial score (nSPS) is 13.6. The monoisotopic (exact) mass is 292 g/mol. The van der Waals surface area contributed by atoms with Gasteiger partial charge in [0.15, 0.2) is 0 Å². The highest BCUT2D eigenvalue weighted by Crippen LogP contribution is 2.04. The summed E-state index contributed by atoms with van der Waals surface area (Å²) in [4.78, 5) is 24.1. The van der Waals surface area contributed by atoms with E-state index in [4.69, 9.17) is 0 Å². The number of hydrogen-bond acceptors (Lipinski definition) is 3. The Kier molecular flexibility index (Phi) is 6.88. The van der Waals surface area contributed by atoms with E-state index in [0.29, 0.717) is 0 Å². The average Bonchev–Trinajstić information content (AvgIpc) is 2.43. The molecule has 0 heterocycles. The first kappa shape index (κ1) is 17.2. The summed E-state index contributed by atoms with van der Waals surface area (Å²) in [5, 5.41) is 14.6. The van der Waals surface area contributed by atoms with E-state index in [0.717, 1.165) is 5.56 Å². The summed E-state index contributed by atoms with van der Waals surface area (Å²) in [6.45, 7) is 5.51. The predicted octanol–water partition coefficient (Wildman–Crippen LogP) is 0.867. The second-order valence-corrected chi connectivity index (χ2v) is 5.55. The van der Waals surface area contributed by atoms with Gasteiger partial charge in [-0.3, -0.25) is 9.59 Å². The molecule has 0 bridgehead atoms. The van der Waals surface area contributed by atoms with Crippen LogP contribution in [0.25, 0.3) is 0 Å². The molecule has 1 aromatic carbocycles. The van der Waals surface area contributed by atoms with Gasteiger partial charge in [-0.2, -0.15) is 0 Å². The highest BCUT2D eigenvalue weighted by molar-refractivity contribution is 5.88. The van der Waals surface area contributed by atoms with Crippen molar-refractivity contribution in [3.8, 4) is 0 Å². The van der Waals surface area contributed by atoms with E-state index < -0.39 is 12.1 Å². The molecule has 21 heavy (non-hydrogen) atoms. The molecule has 0 aliphatic carbocycles. The third-order valence-corrected chi connectivity index (χ3v) is 3.04. The van der Waals surface area contributed by atoms with Gasteiger partial charge in [-0.25, -0.2) is 0 Å². The van der Waals surface area contributed by atoms with Gasteiger partial charge in [0.05, 0.1) is 12.5 Å². The first-order valence-electron chi connectivity index (χ1n) is 7.19. The largest absolute Gasteiger partial charge is 0.392 e. The van der Waals surface area contributed by atoms with Crippen molar-refractivity contribution >= 4 is 11.8 Å². The highest BCUT2D eigenvalue weighted by Gasteiger charge is 2.24. The predicted molar refractivity (Wildman–Crippen MR) is 81.6 cm³/mol. The topological polar surface area (TPSA) is 78.4 Å². The van der Waals surface area contributed by atoms with E-state index in [1.165, 1.54) is 0 Å². The molecular formula is C16H24N2O3. The summed E-state index contributed by atoms with van der Waals surface area (Å²) >= 11 is 0. The Morgan fingerprint density at radius 3 is 2.29 bits per heavy atom. The minimum atomic E-state index is -0.609. The Morgan fingerprint density at radius 1 is 1.14 bits per heavy atom. The summed E-state index contributed by atoms with van der Waals surface area (Å²) in [5.74, 6) is -0.488. The van der Waals surface area contributed by atoms with Gasteiger partial charge in [0.25, 0.3) is 0 Å². The van der Waals surface area contributed by atoms with Crippen LogP contribution in [0.3, 0.4) is 0 Å². The zero-order chi connectivity index (χ0) is 15.8. The third kappa shape index (κ3) is 6.40. The van der Waals surface area contributed by atoms with Crippen molar-refractivity contribution in [2.45, 2.75) is 39.3 Å². The molecule has 0 aliphatic rings. The molecule has 2 atom stereocenters. The van der Waals surface area contributed by atoms with Crippen LogP contribution in [0.5, 0.6) is 0 Å². The molecule has 0 aliphatic heterocycles. The van der Waals surface area contributed by atoms with Crippen molar-refractivity contribution < 1.29 is 14.7 Å². The maximum Gasteiger partial charge on any atom is 0.242 e. The number of carbonyl (C=O) groups is 2. The molecule has 1 rings (SSSR count). The molecule has 0 aromatic heterocycles. The molecule has 0 saturated heterocycles. The second-order valence-electron chi connectivity index (χ2n) is 5.55. The van der Waals surface area contributed by atoms with Gasteiger partial charge in [-0.15, -0.1) is 0 Å². The smallest absolute Gasteiger partial charge is 0.242 e. The SMILES string of the molecule is CC(C)[C@@H](NC(=O)Cc1ccccc1)C(=O)NC[C@@H](C)O. The zero-order valence-corrected chi connectivity index (χ0v) is 12.8. The molecule has 0 fully saturated rings. The minimum absolute atomic E-state index is 0.0290. The standard InChI is InChI=1S/C16H24N2O3/c1-11(2)15(16(21)17-10-12(3)19)18-14(20)9-13-7-5-4-6-8-13/h4-8,11-12,15,19H,9-10H2,1-3H3,(H,17,21)(H,18,20)/t12-,15-/m1/s1. The molecule has 5 nitrogen and oxygen atoms in total. The van der Waals surface area contributed by atoms with Crippen molar-refractivity contribution in [1.82, 2.24) is 10.6 Å². The summed E-state index contributed by atoms with van der Waals surface area (Å²) in [7, 11) is 0. The Morgan fingerprint density at radius 2 is 1.76 bits per heavy atom. The second kappa shape index (κ2) is 8.42. The lowest BCUT2D eigenvalue weighted by atomic mass is 10.0. The van der Waals surface area contributed by atoms with Crippen LogP contribution in [0.2, 0.25) is 0 Å². The maximum absolute atomic E-state index is 12.0. The summed E-state index contributed by atoms with van der Waals surface area (Å²) in [6.07, 6.45) is -0.366. The molecule has 0 spiro atoms. The lowest BCUT2D eigenvalue weighted by Gasteiger charge is -2.22. The van der Waals surface area contributed by atoms with Crippen molar-refractivity contribution in [2.24, 2.45) is 5.92 Å². The van der Waals surface area contributed by atoms with Gasteiger partial charge >= 0.3 is 0 Å². The summed E-state index contributed by atoms with van der Waals surface area (Å²) in [6, 6.07) is 8.78. The number of rotatable bonds is 7. The summed E-state index contributed by atoms with van der Waals surface area (Å²) < 4.78 is 0. The number of nitrogens with one attached hydrogen (secondary N) is 2. The van der Waals surface area contributed by atoms with Gasteiger partial charge in [0.1, 0.15) is 6.04 Å². The van der Waals surface area contributed by atoms with Gasteiger partial charge in [-0.1, -0.05) is 44.2 Å². The van der Waals surface area contributed by atoms with Gasteiger partial charge in [-0.05, 0) is 18.4 Å². The first-order chi connectivity index (χ1) is 9.90. The lowest BCUT2D eigenvalue weighted by molar-refractivity contribution is -0.130.